The van der Waals surface area contributed by atoms with Gasteiger partial charge in [0, 0.05) is 11.6 Å². The Labute approximate surface area is 93.3 Å². The van der Waals surface area contributed by atoms with Crippen LogP contribution in [0.15, 0.2) is 18.3 Å². The molecule has 0 fully saturated rings. The highest BCUT2D eigenvalue weighted by atomic mass is 19.1. The first kappa shape index (κ1) is 11.1. The van der Waals surface area contributed by atoms with E-state index in [4.69, 9.17) is 5.11 Å². The van der Waals surface area contributed by atoms with Crippen LogP contribution in [0.5, 0.6) is 5.75 Å². The first-order chi connectivity index (χ1) is 8.00. The normalized spacial score (nSPS) is 10.5. The van der Waals surface area contributed by atoms with Gasteiger partial charge in [0.25, 0.3) is 0 Å². The number of aromatic amines is 1. The molecule has 0 saturated heterocycles. The van der Waals surface area contributed by atoms with Crippen molar-refractivity contribution < 1.29 is 23.8 Å². The van der Waals surface area contributed by atoms with E-state index in [1.165, 1.54) is 0 Å². The van der Waals surface area contributed by atoms with Crippen molar-refractivity contribution in [2.75, 3.05) is 0 Å². The van der Waals surface area contributed by atoms with Crippen LogP contribution in [0.2, 0.25) is 0 Å². The number of hydrogen-bond acceptors (Lipinski definition) is 3. The molecule has 88 valence electrons. The number of aromatic hydroxyl groups is 1. The van der Waals surface area contributed by atoms with Gasteiger partial charge in [-0.15, -0.1) is 0 Å². The monoisotopic (exact) mass is 240 g/mol. The molecule has 0 unspecified atom stereocenters. The van der Waals surface area contributed by atoms with Gasteiger partial charge in [-0.05, 0) is 6.07 Å². The van der Waals surface area contributed by atoms with Crippen LogP contribution in [0.1, 0.15) is 10.4 Å². The zero-order chi connectivity index (χ0) is 12.6. The fourth-order valence-corrected chi connectivity index (χ4v) is 1.41. The molecule has 0 radical (unpaired) electrons. The highest BCUT2D eigenvalue weighted by molar-refractivity contribution is 5.95. The van der Waals surface area contributed by atoms with Gasteiger partial charge in [-0.25, -0.2) is 13.6 Å². The fourth-order valence-electron chi connectivity index (χ4n) is 1.41. The van der Waals surface area contributed by atoms with E-state index in [0.29, 0.717) is 6.07 Å². The van der Waals surface area contributed by atoms with Crippen molar-refractivity contribution in [3.63, 3.8) is 0 Å². The van der Waals surface area contributed by atoms with Gasteiger partial charge in [-0.2, -0.15) is 5.10 Å². The molecule has 17 heavy (non-hydrogen) atoms. The lowest BCUT2D eigenvalue weighted by molar-refractivity contribution is 0.0698. The van der Waals surface area contributed by atoms with Crippen molar-refractivity contribution >= 4 is 5.97 Å². The first-order valence-corrected chi connectivity index (χ1v) is 4.45. The van der Waals surface area contributed by atoms with Gasteiger partial charge in [0.05, 0.1) is 11.9 Å². The molecular weight excluding hydrogens is 234 g/mol. The Bertz CT molecular complexity index is 595. The van der Waals surface area contributed by atoms with E-state index >= 15 is 0 Å². The lowest BCUT2D eigenvalue weighted by Crippen LogP contribution is -1.98. The molecule has 0 amide bonds. The third-order valence-corrected chi connectivity index (χ3v) is 2.17. The molecule has 0 aliphatic heterocycles. The Kier molecular flexibility index (Phi) is 2.51. The van der Waals surface area contributed by atoms with Crippen LogP contribution in [0.4, 0.5) is 8.78 Å². The molecule has 1 heterocycles. The first-order valence-electron chi connectivity index (χ1n) is 4.45. The molecule has 1 aromatic heterocycles. The maximum absolute atomic E-state index is 13.1. The van der Waals surface area contributed by atoms with Crippen LogP contribution >= 0.6 is 0 Å². The summed E-state index contributed by atoms with van der Waals surface area (Å²) in [5.74, 6) is -4.26. The van der Waals surface area contributed by atoms with Gasteiger partial charge in [0.1, 0.15) is 11.4 Å². The number of phenols is 1. The summed E-state index contributed by atoms with van der Waals surface area (Å²) in [4.78, 5) is 10.8. The topological polar surface area (TPSA) is 86.2 Å². The fraction of sp³-hybridized carbons (Fsp3) is 0. The molecule has 2 rings (SSSR count). The minimum Gasteiger partial charge on any atom is -0.504 e. The van der Waals surface area contributed by atoms with E-state index < -0.39 is 23.4 Å². The Morgan fingerprint density at radius 1 is 1.35 bits per heavy atom. The van der Waals surface area contributed by atoms with Crippen LogP contribution < -0.4 is 0 Å². The zero-order valence-electron chi connectivity index (χ0n) is 8.24. The summed E-state index contributed by atoms with van der Waals surface area (Å²) in [5.41, 5.74) is -0.740. The molecule has 3 N–H and O–H groups in total. The molecule has 0 aliphatic carbocycles. The van der Waals surface area contributed by atoms with Crippen LogP contribution in [-0.4, -0.2) is 26.4 Å². The molecule has 0 atom stereocenters. The number of aromatic nitrogens is 2. The molecule has 1 aromatic carbocycles. The molecular formula is C10H6F2N2O3. The van der Waals surface area contributed by atoms with Crippen LogP contribution in [0, 0.1) is 11.6 Å². The van der Waals surface area contributed by atoms with Gasteiger partial charge < -0.3 is 10.2 Å². The molecule has 7 heteroatoms. The third kappa shape index (κ3) is 1.82. The second-order valence-corrected chi connectivity index (χ2v) is 3.25. The summed E-state index contributed by atoms with van der Waals surface area (Å²) in [6.07, 6.45) is 0.986. The number of H-pyrrole nitrogens is 1. The van der Waals surface area contributed by atoms with Crippen molar-refractivity contribution in [3.8, 4) is 17.0 Å². The Hall–Kier alpha value is -2.44. The number of aromatic carboxylic acids is 1. The second kappa shape index (κ2) is 3.85. The van der Waals surface area contributed by atoms with Crippen molar-refractivity contribution in [1.29, 1.82) is 0 Å². The number of carboxylic acid groups (broad SMARTS) is 1. The smallest absolute Gasteiger partial charge is 0.339 e. The minimum atomic E-state index is -1.32. The molecule has 0 saturated carbocycles. The number of hydrogen-bond donors (Lipinski definition) is 3. The zero-order valence-corrected chi connectivity index (χ0v) is 8.24. The van der Waals surface area contributed by atoms with Crippen molar-refractivity contribution in [2.45, 2.75) is 0 Å². The summed E-state index contributed by atoms with van der Waals surface area (Å²) < 4.78 is 26.1. The number of nitrogens with zero attached hydrogens (tertiary/aromatic N) is 1. The maximum atomic E-state index is 13.1. The molecule has 5 nitrogen and oxygen atoms in total. The maximum Gasteiger partial charge on any atom is 0.339 e. The van der Waals surface area contributed by atoms with E-state index in [1.807, 2.05) is 0 Å². The van der Waals surface area contributed by atoms with Gasteiger partial charge in [0.15, 0.2) is 11.6 Å². The minimum absolute atomic E-state index is 0.159. The number of benzene rings is 1. The number of rotatable bonds is 2. The van der Waals surface area contributed by atoms with Gasteiger partial charge in [-0.1, -0.05) is 0 Å². The number of carboxylic acids is 1. The molecule has 0 bridgehead atoms. The lowest BCUT2D eigenvalue weighted by Gasteiger charge is -2.04. The Balaban J connectivity index is 2.68. The van der Waals surface area contributed by atoms with E-state index in [9.17, 15) is 18.7 Å². The SMILES string of the molecule is O=C(O)c1cn[nH]c1-c1cc(F)cc(F)c1O. The molecule has 0 aliphatic rings. The number of halogens is 2. The number of carbonyl (C=O) groups is 1. The summed E-state index contributed by atoms with van der Waals surface area (Å²) in [6.45, 7) is 0. The Morgan fingerprint density at radius 2 is 2.06 bits per heavy atom. The lowest BCUT2D eigenvalue weighted by atomic mass is 10.1. The van der Waals surface area contributed by atoms with Crippen molar-refractivity contribution in [3.05, 3.63) is 35.5 Å². The van der Waals surface area contributed by atoms with E-state index in [1.54, 1.807) is 0 Å². The summed E-state index contributed by atoms with van der Waals surface area (Å²) >= 11 is 0. The van der Waals surface area contributed by atoms with Crippen LogP contribution in [0.3, 0.4) is 0 Å². The predicted octanol–water partition coefficient (Wildman–Crippen LogP) is 1.76. The summed E-state index contributed by atoms with van der Waals surface area (Å²) in [7, 11) is 0. The number of phenolic OH excluding ortho intramolecular Hbond substituents is 1. The van der Waals surface area contributed by atoms with Crippen molar-refractivity contribution in [1.82, 2.24) is 10.2 Å². The predicted molar refractivity (Wildman–Crippen MR) is 52.6 cm³/mol. The van der Waals surface area contributed by atoms with E-state index in [-0.39, 0.29) is 16.8 Å². The summed E-state index contributed by atoms with van der Waals surface area (Å²) in [5, 5.41) is 24.0. The van der Waals surface area contributed by atoms with E-state index in [2.05, 4.69) is 10.2 Å². The largest absolute Gasteiger partial charge is 0.504 e. The van der Waals surface area contributed by atoms with Crippen LogP contribution in [-0.2, 0) is 0 Å². The quantitative estimate of drug-likeness (QED) is 0.746. The average molecular weight is 240 g/mol. The summed E-state index contributed by atoms with van der Waals surface area (Å²) in [6, 6.07) is 1.31. The van der Waals surface area contributed by atoms with E-state index in [0.717, 1.165) is 12.3 Å². The standard InChI is InChI=1S/C10H6F2N2O3/c11-4-1-5(9(15)7(12)2-4)8-6(10(16)17)3-13-14-8/h1-3,15H,(H,13,14)(H,16,17). The molecule has 2 aromatic rings. The third-order valence-electron chi connectivity index (χ3n) is 2.17. The molecule has 0 spiro atoms. The van der Waals surface area contributed by atoms with Gasteiger partial charge in [-0.3, -0.25) is 5.10 Å². The van der Waals surface area contributed by atoms with Crippen molar-refractivity contribution in [2.24, 2.45) is 0 Å². The second-order valence-electron chi connectivity index (χ2n) is 3.25. The highest BCUT2D eigenvalue weighted by Crippen LogP contribution is 2.32. The van der Waals surface area contributed by atoms with Gasteiger partial charge in [0.2, 0.25) is 0 Å². The van der Waals surface area contributed by atoms with Crippen LogP contribution in [0.25, 0.3) is 11.3 Å². The average Bonchev–Trinajstić information content (AvgIpc) is 2.72. The Morgan fingerprint density at radius 3 is 2.71 bits per heavy atom. The highest BCUT2D eigenvalue weighted by Gasteiger charge is 2.19. The number of nitrogens with one attached hydrogen (secondary N) is 1. The van der Waals surface area contributed by atoms with Gasteiger partial charge >= 0.3 is 5.97 Å².